The first-order chi connectivity index (χ1) is 14.6. The molecule has 1 aliphatic heterocycles. The molecule has 0 saturated carbocycles. The van der Waals surface area contributed by atoms with E-state index in [9.17, 15) is 4.79 Å². The van der Waals surface area contributed by atoms with Crippen LogP contribution in [0.3, 0.4) is 0 Å². The summed E-state index contributed by atoms with van der Waals surface area (Å²) in [5, 5.41) is 5.11. The fourth-order valence-electron chi connectivity index (χ4n) is 3.67. The highest BCUT2D eigenvalue weighted by atomic mass is 32.1. The molecule has 4 heterocycles. The van der Waals surface area contributed by atoms with E-state index in [2.05, 4.69) is 46.7 Å². The summed E-state index contributed by atoms with van der Waals surface area (Å²) >= 11 is 1.59. The molecule has 0 unspecified atom stereocenters. The fourth-order valence-corrected chi connectivity index (χ4v) is 4.34. The third-order valence-electron chi connectivity index (χ3n) is 5.25. The van der Waals surface area contributed by atoms with Gasteiger partial charge in [-0.05, 0) is 25.5 Å². The quantitative estimate of drug-likeness (QED) is 0.538. The first-order valence-corrected chi connectivity index (χ1v) is 11.2. The highest BCUT2D eigenvalue weighted by molar-refractivity contribution is 7.15. The maximum atomic E-state index is 11.9. The van der Waals surface area contributed by atoms with Gasteiger partial charge in [-0.15, -0.1) is 11.3 Å². The predicted octanol–water partition coefficient (Wildman–Crippen LogP) is 4.51. The van der Waals surface area contributed by atoms with Crippen LogP contribution in [0.1, 0.15) is 31.1 Å². The number of ether oxygens (including phenoxy) is 1. The Labute approximate surface area is 180 Å². The molecule has 0 aromatic carbocycles. The number of likely N-dealkylation sites (tertiary alicyclic amines) is 1. The molecule has 1 N–H and O–H groups in total. The van der Waals surface area contributed by atoms with Crippen LogP contribution in [0.4, 0.5) is 10.9 Å². The van der Waals surface area contributed by atoms with Crippen molar-refractivity contribution in [3.63, 3.8) is 0 Å². The Hall–Kier alpha value is -2.87. The number of pyridine rings is 1. The van der Waals surface area contributed by atoms with Crippen molar-refractivity contribution in [2.75, 3.05) is 18.4 Å². The molecule has 1 aliphatic rings. The van der Waals surface area contributed by atoms with Gasteiger partial charge in [-0.3, -0.25) is 4.79 Å². The lowest BCUT2D eigenvalue weighted by molar-refractivity contribution is -0.125. The van der Waals surface area contributed by atoms with Crippen LogP contribution in [0.15, 0.2) is 37.2 Å². The highest BCUT2D eigenvalue weighted by Gasteiger charge is 2.27. The molecule has 0 aliphatic carbocycles. The van der Waals surface area contributed by atoms with Crippen LogP contribution < -0.4 is 10.1 Å². The van der Waals surface area contributed by atoms with Crippen LogP contribution in [-0.4, -0.2) is 44.5 Å². The van der Waals surface area contributed by atoms with Crippen molar-refractivity contribution >= 4 is 39.1 Å². The summed E-state index contributed by atoms with van der Waals surface area (Å²) in [5.74, 6) is 1.25. The van der Waals surface area contributed by atoms with E-state index >= 15 is 0 Å². The molecule has 30 heavy (non-hydrogen) atoms. The lowest BCUT2D eigenvalue weighted by Crippen LogP contribution is -2.29. The molecule has 1 saturated heterocycles. The van der Waals surface area contributed by atoms with Crippen LogP contribution >= 0.6 is 11.3 Å². The minimum atomic E-state index is -0.0825. The average Bonchev–Trinajstić information content (AvgIpc) is 3.46. The molecule has 0 radical (unpaired) electrons. The summed E-state index contributed by atoms with van der Waals surface area (Å²) in [6, 6.07) is 4.11. The third kappa shape index (κ3) is 4.33. The van der Waals surface area contributed by atoms with Gasteiger partial charge in [0.25, 0.3) is 0 Å². The van der Waals surface area contributed by atoms with Crippen molar-refractivity contribution in [2.24, 2.45) is 0 Å². The smallest absolute Gasteiger partial charge is 0.246 e. The molecular weight excluding hydrogens is 398 g/mol. The van der Waals surface area contributed by atoms with Crippen molar-refractivity contribution in [3.05, 3.63) is 42.1 Å². The molecule has 3 aromatic heterocycles. The van der Waals surface area contributed by atoms with Crippen LogP contribution in [0.2, 0.25) is 0 Å². The zero-order valence-corrected chi connectivity index (χ0v) is 18.2. The molecule has 1 fully saturated rings. The van der Waals surface area contributed by atoms with E-state index in [0.29, 0.717) is 24.8 Å². The highest BCUT2D eigenvalue weighted by Crippen LogP contribution is 2.32. The Morgan fingerprint density at radius 3 is 3.10 bits per heavy atom. The number of carbonyl (C=O) groups is 1. The summed E-state index contributed by atoms with van der Waals surface area (Å²) in [7, 11) is 0. The number of aromatic nitrogens is 3. The van der Waals surface area contributed by atoms with Crippen LogP contribution in [0.5, 0.6) is 5.88 Å². The normalized spacial score (nSPS) is 16.2. The molecule has 0 spiro atoms. The van der Waals surface area contributed by atoms with Gasteiger partial charge in [0, 0.05) is 42.8 Å². The van der Waals surface area contributed by atoms with E-state index in [-0.39, 0.29) is 12.0 Å². The SMILES string of the molecule is C=CC(=O)N1CC[C@H](Oc2nc(Nc3ncc(C)s3)cc3c2ccn3CCCC)C1. The number of hydrogen-bond donors (Lipinski definition) is 1. The van der Waals surface area contributed by atoms with Crippen molar-refractivity contribution < 1.29 is 9.53 Å². The molecular formula is C22H27N5O2S. The number of carbonyl (C=O) groups excluding carboxylic acids is 1. The first-order valence-electron chi connectivity index (χ1n) is 10.3. The Morgan fingerprint density at radius 1 is 1.50 bits per heavy atom. The van der Waals surface area contributed by atoms with Gasteiger partial charge in [0.2, 0.25) is 11.8 Å². The number of amides is 1. The largest absolute Gasteiger partial charge is 0.472 e. The second-order valence-corrected chi connectivity index (χ2v) is 8.76. The van der Waals surface area contributed by atoms with Crippen molar-refractivity contribution in [3.8, 4) is 5.88 Å². The molecule has 158 valence electrons. The van der Waals surface area contributed by atoms with Crippen molar-refractivity contribution in [1.29, 1.82) is 0 Å². The molecule has 8 heteroatoms. The minimum absolute atomic E-state index is 0.0560. The molecule has 3 aromatic rings. The second-order valence-electron chi connectivity index (χ2n) is 7.53. The minimum Gasteiger partial charge on any atom is -0.472 e. The van der Waals surface area contributed by atoms with Crippen LogP contribution in [0.25, 0.3) is 10.9 Å². The fraction of sp³-hybridized carbons (Fsp3) is 0.409. The topological polar surface area (TPSA) is 72.3 Å². The van der Waals surface area contributed by atoms with Gasteiger partial charge in [-0.2, -0.15) is 4.98 Å². The van der Waals surface area contributed by atoms with Gasteiger partial charge < -0.3 is 19.5 Å². The van der Waals surface area contributed by atoms with Gasteiger partial charge in [-0.1, -0.05) is 19.9 Å². The second kappa shape index (κ2) is 8.87. The van der Waals surface area contributed by atoms with Crippen molar-refractivity contribution in [2.45, 2.75) is 45.8 Å². The predicted molar refractivity (Wildman–Crippen MR) is 121 cm³/mol. The van der Waals surface area contributed by atoms with E-state index < -0.39 is 0 Å². The number of nitrogens with one attached hydrogen (secondary N) is 1. The van der Waals surface area contributed by atoms with E-state index in [1.54, 1.807) is 16.2 Å². The number of rotatable bonds is 8. The number of unbranched alkanes of at least 4 members (excludes halogenated alkanes) is 1. The van der Waals surface area contributed by atoms with Crippen LogP contribution in [-0.2, 0) is 11.3 Å². The van der Waals surface area contributed by atoms with E-state index in [0.717, 1.165) is 46.7 Å². The van der Waals surface area contributed by atoms with Crippen molar-refractivity contribution in [1.82, 2.24) is 19.4 Å². The monoisotopic (exact) mass is 425 g/mol. The van der Waals surface area contributed by atoms with E-state index in [1.165, 1.54) is 6.08 Å². The van der Waals surface area contributed by atoms with Gasteiger partial charge in [0.1, 0.15) is 11.9 Å². The Kier molecular flexibility index (Phi) is 6.03. The summed E-state index contributed by atoms with van der Waals surface area (Å²) in [6.45, 7) is 9.97. The lowest BCUT2D eigenvalue weighted by Gasteiger charge is -2.17. The average molecular weight is 426 g/mol. The Bertz CT molecular complexity index is 1060. The molecule has 1 amide bonds. The molecule has 1 atom stereocenters. The molecule has 4 rings (SSSR count). The third-order valence-corrected chi connectivity index (χ3v) is 6.08. The number of thiazole rings is 1. The lowest BCUT2D eigenvalue weighted by atomic mass is 10.3. The summed E-state index contributed by atoms with van der Waals surface area (Å²) in [6.07, 6.45) is 8.23. The van der Waals surface area contributed by atoms with Gasteiger partial charge >= 0.3 is 0 Å². The van der Waals surface area contributed by atoms with Gasteiger partial charge in [0.05, 0.1) is 17.4 Å². The Morgan fingerprint density at radius 2 is 2.37 bits per heavy atom. The number of fused-ring (bicyclic) bond motifs is 1. The summed E-state index contributed by atoms with van der Waals surface area (Å²) < 4.78 is 8.55. The zero-order valence-electron chi connectivity index (χ0n) is 17.4. The van der Waals surface area contributed by atoms with E-state index in [1.807, 2.05) is 13.1 Å². The maximum absolute atomic E-state index is 11.9. The standard InChI is InChI=1S/C22H27N5O2S/c1-4-6-9-26-11-8-17-18(26)12-19(25-22-23-13-15(3)30-22)24-21(17)29-16-7-10-27(14-16)20(28)5-2/h5,8,11-13,16H,2,4,6-7,9-10,14H2,1,3H3,(H,23,24,25)/t16-/m0/s1. The number of aryl methyl sites for hydroxylation is 2. The molecule has 0 bridgehead atoms. The number of hydrogen-bond acceptors (Lipinski definition) is 6. The van der Waals surface area contributed by atoms with Crippen LogP contribution in [0, 0.1) is 6.92 Å². The summed E-state index contributed by atoms with van der Waals surface area (Å²) in [5.41, 5.74) is 1.08. The molecule has 7 nitrogen and oxygen atoms in total. The number of nitrogens with zero attached hydrogens (tertiary/aromatic N) is 4. The summed E-state index contributed by atoms with van der Waals surface area (Å²) in [4.78, 5) is 23.9. The first kappa shape index (κ1) is 20.4. The zero-order chi connectivity index (χ0) is 21.1. The maximum Gasteiger partial charge on any atom is 0.246 e. The van der Waals surface area contributed by atoms with Gasteiger partial charge in [-0.25, -0.2) is 4.98 Å². The number of anilines is 2. The Balaban J connectivity index is 1.63. The van der Waals surface area contributed by atoms with E-state index in [4.69, 9.17) is 9.72 Å². The van der Waals surface area contributed by atoms with Gasteiger partial charge in [0.15, 0.2) is 5.13 Å².